The van der Waals surface area contributed by atoms with Crippen molar-refractivity contribution < 1.29 is 9.53 Å². The van der Waals surface area contributed by atoms with Crippen LogP contribution < -0.4 is 10.1 Å². The van der Waals surface area contributed by atoms with Crippen molar-refractivity contribution in [2.75, 3.05) is 7.11 Å². The zero-order valence-corrected chi connectivity index (χ0v) is 10.7. The van der Waals surface area contributed by atoms with Gasteiger partial charge in [0.2, 0.25) is 0 Å². The zero-order valence-electron chi connectivity index (χ0n) is 9.94. The number of nitrogens with one attached hydrogen (secondary N) is 1. The third-order valence-corrected chi connectivity index (χ3v) is 3.16. The van der Waals surface area contributed by atoms with Crippen molar-refractivity contribution in [2.24, 2.45) is 5.92 Å². The topological polar surface area (TPSA) is 62.1 Å². The van der Waals surface area contributed by atoms with Gasteiger partial charge in [0.1, 0.15) is 11.8 Å². The van der Waals surface area contributed by atoms with E-state index >= 15 is 0 Å². The maximum Gasteiger partial charge on any atom is 0.256 e. The van der Waals surface area contributed by atoms with E-state index < -0.39 is 6.04 Å². The molecule has 0 aliphatic heterocycles. The molecular formula is C13H13ClN2O2. The number of hydrogen-bond acceptors (Lipinski definition) is 3. The van der Waals surface area contributed by atoms with Gasteiger partial charge in [0.15, 0.2) is 0 Å². The Labute approximate surface area is 111 Å². The smallest absolute Gasteiger partial charge is 0.256 e. The van der Waals surface area contributed by atoms with E-state index in [0.717, 1.165) is 12.8 Å². The van der Waals surface area contributed by atoms with Gasteiger partial charge in [0.05, 0.1) is 18.7 Å². The van der Waals surface area contributed by atoms with Crippen LogP contribution in [0, 0.1) is 17.2 Å². The first kappa shape index (κ1) is 12.7. The van der Waals surface area contributed by atoms with Crippen molar-refractivity contribution >= 4 is 17.5 Å². The van der Waals surface area contributed by atoms with E-state index in [9.17, 15) is 4.79 Å². The fraction of sp³-hybridized carbons (Fsp3) is 0.385. The molecule has 1 unspecified atom stereocenters. The molecule has 94 valence electrons. The van der Waals surface area contributed by atoms with Gasteiger partial charge in [-0.3, -0.25) is 4.79 Å². The summed E-state index contributed by atoms with van der Waals surface area (Å²) in [5.74, 6) is 0.395. The number of carbonyl (C=O) groups is 1. The van der Waals surface area contributed by atoms with Crippen molar-refractivity contribution in [3.05, 3.63) is 28.8 Å². The van der Waals surface area contributed by atoms with Crippen LogP contribution in [0.5, 0.6) is 5.75 Å². The van der Waals surface area contributed by atoms with Crippen molar-refractivity contribution in [1.29, 1.82) is 5.26 Å². The number of ether oxygens (including phenoxy) is 1. The predicted molar refractivity (Wildman–Crippen MR) is 67.6 cm³/mol. The summed E-state index contributed by atoms with van der Waals surface area (Å²) in [6.07, 6.45) is 1.99. The van der Waals surface area contributed by atoms with Crippen LogP contribution >= 0.6 is 11.6 Å². The van der Waals surface area contributed by atoms with Crippen LogP contribution in [-0.4, -0.2) is 19.1 Å². The van der Waals surface area contributed by atoms with Gasteiger partial charge in [-0.15, -0.1) is 0 Å². The van der Waals surface area contributed by atoms with Gasteiger partial charge in [0.25, 0.3) is 5.91 Å². The molecule has 1 saturated carbocycles. The molecule has 1 atom stereocenters. The van der Waals surface area contributed by atoms with Crippen molar-refractivity contribution in [2.45, 2.75) is 18.9 Å². The average Bonchev–Trinajstić information content (AvgIpc) is 3.19. The first-order valence-corrected chi connectivity index (χ1v) is 6.07. The van der Waals surface area contributed by atoms with Gasteiger partial charge < -0.3 is 10.1 Å². The lowest BCUT2D eigenvalue weighted by Crippen LogP contribution is -2.35. The Morgan fingerprint density at radius 2 is 2.33 bits per heavy atom. The molecule has 1 amide bonds. The highest BCUT2D eigenvalue weighted by atomic mass is 35.5. The minimum Gasteiger partial charge on any atom is -0.496 e. The third kappa shape index (κ3) is 2.74. The number of amides is 1. The summed E-state index contributed by atoms with van der Waals surface area (Å²) in [7, 11) is 1.48. The van der Waals surface area contributed by atoms with Crippen LogP contribution in [0.3, 0.4) is 0 Å². The highest BCUT2D eigenvalue weighted by Gasteiger charge is 2.32. The monoisotopic (exact) mass is 264 g/mol. The molecule has 0 bridgehead atoms. The van der Waals surface area contributed by atoms with E-state index in [0.29, 0.717) is 16.3 Å². The largest absolute Gasteiger partial charge is 0.496 e. The van der Waals surface area contributed by atoms with Crippen molar-refractivity contribution in [3.8, 4) is 11.8 Å². The van der Waals surface area contributed by atoms with Crippen molar-refractivity contribution in [1.82, 2.24) is 5.32 Å². The lowest BCUT2D eigenvalue weighted by atomic mass is 10.1. The van der Waals surface area contributed by atoms with E-state index in [2.05, 4.69) is 11.4 Å². The molecule has 0 radical (unpaired) electrons. The van der Waals surface area contributed by atoms with Gasteiger partial charge >= 0.3 is 0 Å². The minimum atomic E-state index is -0.419. The summed E-state index contributed by atoms with van der Waals surface area (Å²) in [5.41, 5.74) is 0.391. The number of methoxy groups -OCH3 is 1. The second-order valence-corrected chi connectivity index (χ2v) is 4.70. The Morgan fingerprint density at radius 3 is 2.89 bits per heavy atom. The SMILES string of the molecule is COc1cc(Cl)ccc1C(=O)NC(C#N)C1CC1. The highest BCUT2D eigenvalue weighted by Crippen LogP contribution is 2.32. The van der Waals surface area contributed by atoms with Gasteiger partial charge in [-0.25, -0.2) is 0 Å². The molecule has 0 aromatic heterocycles. The normalized spacial score (nSPS) is 15.6. The molecule has 1 N–H and O–H groups in total. The van der Waals surface area contributed by atoms with Crippen LogP contribution in [0.1, 0.15) is 23.2 Å². The maximum absolute atomic E-state index is 12.1. The fourth-order valence-electron chi connectivity index (χ4n) is 1.76. The van der Waals surface area contributed by atoms with Crippen LogP contribution in [0.4, 0.5) is 0 Å². The zero-order chi connectivity index (χ0) is 13.1. The Hall–Kier alpha value is -1.73. The van der Waals surface area contributed by atoms with Crippen LogP contribution in [0.25, 0.3) is 0 Å². The molecule has 1 aliphatic carbocycles. The summed E-state index contributed by atoms with van der Waals surface area (Å²) >= 11 is 5.83. The Bertz CT molecular complexity index is 506. The molecule has 2 rings (SSSR count). The fourth-order valence-corrected chi connectivity index (χ4v) is 1.92. The van der Waals surface area contributed by atoms with E-state index in [1.807, 2.05) is 0 Å². The second-order valence-electron chi connectivity index (χ2n) is 4.26. The van der Waals surface area contributed by atoms with Crippen molar-refractivity contribution in [3.63, 3.8) is 0 Å². The molecule has 1 aromatic rings. The summed E-state index contributed by atoms with van der Waals surface area (Å²) in [6, 6.07) is 6.49. The molecule has 1 aliphatic rings. The summed E-state index contributed by atoms with van der Waals surface area (Å²) < 4.78 is 5.11. The second kappa shape index (κ2) is 5.28. The van der Waals surface area contributed by atoms with Gasteiger partial charge in [0, 0.05) is 5.02 Å². The van der Waals surface area contributed by atoms with Gasteiger partial charge in [-0.2, -0.15) is 5.26 Å². The number of rotatable bonds is 4. The summed E-state index contributed by atoms with van der Waals surface area (Å²) in [4.78, 5) is 12.1. The Kier molecular flexibility index (Phi) is 3.73. The lowest BCUT2D eigenvalue weighted by molar-refractivity contribution is 0.0939. The first-order valence-electron chi connectivity index (χ1n) is 5.69. The number of halogens is 1. The quantitative estimate of drug-likeness (QED) is 0.908. The van der Waals surface area contributed by atoms with E-state index in [-0.39, 0.29) is 11.8 Å². The molecule has 0 saturated heterocycles. The van der Waals surface area contributed by atoms with Gasteiger partial charge in [-0.1, -0.05) is 11.6 Å². The molecule has 1 fully saturated rings. The Balaban J connectivity index is 2.15. The summed E-state index contributed by atoms with van der Waals surface area (Å²) in [6.45, 7) is 0. The molecule has 18 heavy (non-hydrogen) atoms. The highest BCUT2D eigenvalue weighted by molar-refractivity contribution is 6.30. The summed E-state index contributed by atoms with van der Waals surface area (Å²) in [5, 5.41) is 12.2. The molecule has 4 nitrogen and oxygen atoms in total. The number of hydrogen-bond donors (Lipinski definition) is 1. The average molecular weight is 265 g/mol. The lowest BCUT2D eigenvalue weighted by Gasteiger charge is -2.12. The number of nitriles is 1. The molecule has 5 heteroatoms. The first-order chi connectivity index (χ1) is 8.65. The standard InChI is InChI=1S/C13H13ClN2O2/c1-18-12-6-9(14)4-5-10(12)13(17)16-11(7-15)8-2-3-8/h4-6,8,11H,2-3H2,1H3,(H,16,17). The van der Waals surface area contributed by atoms with E-state index in [4.69, 9.17) is 21.6 Å². The van der Waals surface area contributed by atoms with Crippen LogP contribution in [0.15, 0.2) is 18.2 Å². The molecule has 0 heterocycles. The predicted octanol–water partition coefficient (Wildman–Crippen LogP) is 2.38. The molecule has 1 aromatic carbocycles. The number of benzene rings is 1. The molecular weight excluding hydrogens is 252 g/mol. The molecule has 0 spiro atoms. The van der Waals surface area contributed by atoms with Crippen LogP contribution in [0.2, 0.25) is 5.02 Å². The number of nitrogens with zero attached hydrogens (tertiary/aromatic N) is 1. The number of carbonyl (C=O) groups excluding carboxylic acids is 1. The van der Waals surface area contributed by atoms with E-state index in [1.165, 1.54) is 7.11 Å². The Morgan fingerprint density at radius 1 is 1.61 bits per heavy atom. The van der Waals surface area contributed by atoms with Crippen LogP contribution in [-0.2, 0) is 0 Å². The minimum absolute atomic E-state index is 0.289. The maximum atomic E-state index is 12.1. The van der Waals surface area contributed by atoms with Gasteiger partial charge in [-0.05, 0) is 37.0 Å². The third-order valence-electron chi connectivity index (χ3n) is 2.93. The van der Waals surface area contributed by atoms with E-state index in [1.54, 1.807) is 18.2 Å².